The number of hydrogen-bond acceptors (Lipinski definition) is 5. The van der Waals surface area contributed by atoms with Gasteiger partial charge in [-0.25, -0.2) is 4.79 Å². The third-order valence-electron chi connectivity index (χ3n) is 1.95. The molecular formula is C14H19NO5. The van der Waals surface area contributed by atoms with Crippen LogP contribution in [-0.4, -0.2) is 24.3 Å². The Morgan fingerprint density at radius 1 is 1.40 bits per heavy atom. The Morgan fingerprint density at radius 3 is 2.60 bits per heavy atom. The number of esters is 1. The highest BCUT2D eigenvalue weighted by Crippen LogP contribution is 2.10. The summed E-state index contributed by atoms with van der Waals surface area (Å²) in [6.07, 6.45) is 2.44. The van der Waals surface area contributed by atoms with E-state index in [1.165, 1.54) is 13.2 Å². The predicted octanol–water partition coefficient (Wildman–Crippen LogP) is 2.71. The molecule has 1 rings (SSSR count). The summed E-state index contributed by atoms with van der Waals surface area (Å²) >= 11 is 0. The maximum Gasteiger partial charge on any atom is 0.412 e. The molecule has 0 aromatic carbocycles. The molecule has 1 aromatic rings. The summed E-state index contributed by atoms with van der Waals surface area (Å²) < 4.78 is 15.1. The molecule has 0 saturated carbocycles. The minimum Gasteiger partial charge on any atom is -0.465 e. The van der Waals surface area contributed by atoms with Gasteiger partial charge in [0.2, 0.25) is 0 Å². The van der Waals surface area contributed by atoms with Gasteiger partial charge in [0, 0.05) is 13.0 Å². The number of nitrogens with one attached hydrogen (secondary N) is 1. The highest BCUT2D eigenvalue weighted by Gasteiger charge is 2.17. The van der Waals surface area contributed by atoms with E-state index in [0.29, 0.717) is 11.5 Å². The van der Waals surface area contributed by atoms with E-state index in [0.717, 1.165) is 0 Å². The second-order valence-corrected chi connectivity index (χ2v) is 5.09. The average molecular weight is 281 g/mol. The lowest BCUT2D eigenvalue weighted by Crippen LogP contribution is -2.33. The van der Waals surface area contributed by atoms with E-state index in [1.54, 1.807) is 39.0 Å². The molecule has 0 bridgehead atoms. The van der Waals surface area contributed by atoms with Crippen molar-refractivity contribution in [1.29, 1.82) is 0 Å². The average Bonchev–Trinajstić information content (AvgIpc) is 2.75. The van der Waals surface area contributed by atoms with Crippen LogP contribution in [-0.2, 0) is 14.3 Å². The second-order valence-electron chi connectivity index (χ2n) is 5.09. The van der Waals surface area contributed by atoms with Crippen LogP contribution in [0.1, 0.15) is 33.5 Å². The van der Waals surface area contributed by atoms with E-state index in [2.05, 4.69) is 5.32 Å². The summed E-state index contributed by atoms with van der Waals surface area (Å²) in [5, 5.41) is 2.53. The lowest BCUT2D eigenvalue weighted by Gasteiger charge is -2.20. The van der Waals surface area contributed by atoms with Gasteiger partial charge in [0.25, 0.3) is 0 Å². The molecule has 1 heterocycles. The Balaban J connectivity index is 2.72. The van der Waals surface area contributed by atoms with Crippen molar-refractivity contribution in [2.24, 2.45) is 0 Å². The Labute approximate surface area is 117 Å². The van der Waals surface area contributed by atoms with Crippen molar-refractivity contribution in [3.05, 3.63) is 29.9 Å². The largest absolute Gasteiger partial charge is 0.465 e. The van der Waals surface area contributed by atoms with Gasteiger partial charge in [-0.1, -0.05) is 0 Å². The summed E-state index contributed by atoms with van der Waals surface area (Å²) in [6, 6.07) is 3.42. The highest BCUT2D eigenvalue weighted by atomic mass is 16.6. The van der Waals surface area contributed by atoms with Gasteiger partial charge >= 0.3 is 12.1 Å². The maximum absolute atomic E-state index is 11.7. The Kier molecular flexibility index (Phi) is 5.37. The molecule has 6 nitrogen and oxygen atoms in total. The molecular weight excluding hydrogens is 262 g/mol. The molecule has 0 radical (unpaired) electrons. The summed E-state index contributed by atoms with van der Waals surface area (Å²) in [6.45, 7) is 6.49. The van der Waals surface area contributed by atoms with Crippen LogP contribution in [0, 0.1) is 0 Å². The van der Waals surface area contributed by atoms with E-state index in [1.807, 2.05) is 0 Å². The fraction of sp³-hybridized carbons (Fsp3) is 0.429. The monoisotopic (exact) mass is 281 g/mol. The van der Waals surface area contributed by atoms with Crippen molar-refractivity contribution in [1.82, 2.24) is 5.32 Å². The van der Waals surface area contributed by atoms with Crippen LogP contribution < -0.4 is 5.32 Å². The van der Waals surface area contributed by atoms with E-state index < -0.39 is 17.7 Å². The lowest BCUT2D eigenvalue weighted by molar-refractivity contribution is -0.140. The second kappa shape index (κ2) is 6.79. The summed E-state index contributed by atoms with van der Waals surface area (Å²) in [5.41, 5.74) is -0.245. The number of hydrogen-bond donors (Lipinski definition) is 1. The molecule has 0 spiro atoms. The molecule has 0 aliphatic rings. The van der Waals surface area contributed by atoms with Crippen LogP contribution in [0.25, 0.3) is 6.08 Å². The fourth-order valence-corrected chi connectivity index (χ4v) is 1.27. The normalized spacial score (nSPS) is 11.9. The highest BCUT2D eigenvalue weighted by molar-refractivity contribution is 5.72. The lowest BCUT2D eigenvalue weighted by atomic mass is 10.2. The zero-order valence-electron chi connectivity index (χ0n) is 12.1. The molecule has 20 heavy (non-hydrogen) atoms. The first-order valence-corrected chi connectivity index (χ1v) is 6.14. The summed E-state index contributed by atoms with van der Waals surface area (Å²) in [5.74, 6) is 0.0875. The molecule has 1 amide bonds. The number of alkyl carbamates (subject to hydrolysis) is 1. The number of carbonyl (C=O) groups is 2. The van der Waals surface area contributed by atoms with Gasteiger partial charge in [0.15, 0.2) is 0 Å². The summed E-state index contributed by atoms with van der Waals surface area (Å²) in [4.78, 5) is 22.5. The molecule has 0 fully saturated rings. The fourth-order valence-electron chi connectivity index (χ4n) is 1.27. The van der Waals surface area contributed by atoms with E-state index in [4.69, 9.17) is 13.9 Å². The van der Waals surface area contributed by atoms with Crippen molar-refractivity contribution in [3.63, 3.8) is 0 Å². The van der Waals surface area contributed by atoms with Crippen molar-refractivity contribution in [3.8, 4) is 0 Å². The number of amides is 1. The van der Waals surface area contributed by atoms with Crippen LogP contribution >= 0.6 is 0 Å². The van der Waals surface area contributed by atoms with Gasteiger partial charge in [0.05, 0.1) is 12.0 Å². The molecule has 0 saturated heterocycles. The quantitative estimate of drug-likeness (QED) is 0.858. The van der Waals surface area contributed by atoms with E-state index in [-0.39, 0.29) is 6.61 Å². The zero-order chi connectivity index (χ0) is 15.2. The number of rotatable bonds is 4. The minimum absolute atomic E-state index is 0.0741. The van der Waals surface area contributed by atoms with Crippen LogP contribution in [0.5, 0.6) is 0 Å². The molecule has 0 aliphatic heterocycles. The Bertz CT molecular complexity index is 482. The third kappa shape index (κ3) is 6.63. The topological polar surface area (TPSA) is 77.8 Å². The van der Waals surface area contributed by atoms with Crippen molar-refractivity contribution < 1.29 is 23.5 Å². The van der Waals surface area contributed by atoms with E-state index >= 15 is 0 Å². The van der Waals surface area contributed by atoms with Crippen LogP contribution in [0.2, 0.25) is 0 Å². The molecule has 110 valence electrons. The summed E-state index contributed by atoms with van der Waals surface area (Å²) in [7, 11) is 0. The van der Waals surface area contributed by atoms with Gasteiger partial charge in [-0.3, -0.25) is 10.1 Å². The molecule has 6 heteroatoms. The standard InChI is InChI=1S/C14H19NO5/c1-10(16)19-9-11(8-12-6-5-7-18-12)15-13(17)20-14(2,3)4/h5-8H,9H2,1-4H3,(H,15,17)/b11-8+. The molecule has 0 aliphatic carbocycles. The molecule has 1 N–H and O–H groups in total. The molecule has 1 aromatic heterocycles. The van der Waals surface area contributed by atoms with Gasteiger partial charge in [-0.2, -0.15) is 0 Å². The number of carbonyl (C=O) groups excluding carboxylic acids is 2. The number of ether oxygens (including phenoxy) is 2. The molecule has 0 unspecified atom stereocenters. The Hall–Kier alpha value is -2.24. The molecule has 0 atom stereocenters. The van der Waals surface area contributed by atoms with Crippen LogP contribution in [0.4, 0.5) is 4.79 Å². The maximum atomic E-state index is 11.7. The van der Waals surface area contributed by atoms with Gasteiger partial charge in [-0.15, -0.1) is 0 Å². The smallest absolute Gasteiger partial charge is 0.412 e. The first-order chi connectivity index (χ1) is 9.26. The van der Waals surface area contributed by atoms with Gasteiger partial charge < -0.3 is 13.9 Å². The first-order valence-electron chi connectivity index (χ1n) is 6.14. The van der Waals surface area contributed by atoms with Crippen molar-refractivity contribution in [2.75, 3.05) is 6.61 Å². The number of furan rings is 1. The third-order valence-corrected chi connectivity index (χ3v) is 1.95. The zero-order valence-corrected chi connectivity index (χ0v) is 12.1. The van der Waals surface area contributed by atoms with Gasteiger partial charge in [-0.05, 0) is 32.9 Å². The van der Waals surface area contributed by atoms with Crippen molar-refractivity contribution in [2.45, 2.75) is 33.3 Å². The van der Waals surface area contributed by atoms with Gasteiger partial charge in [0.1, 0.15) is 18.0 Å². The van der Waals surface area contributed by atoms with E-state index in [9.17, 15) is 9.59 Å². The SMILES string of the molecule is CC(=O)OC/C(=C\c1ccco1)NC(=O)OC(C)(C)C. The Morgan fingerprint density at radius 2 is 2.10 bits per heavy atom. The minimum atomic E-state index is -0.623. The predicted molar refractivity (Wildman–Crippen MR) is 72.7 cm³/mol. The van der Waals surface area contributed by atoms with Crippen LogP contribution in [0.15, 0.2) is 28.5 Å². The van der Waals surface area contributed by atoms with Crippen molar-refractivity contribution >= 4 is 18.1 Å². The first kappa shape index (κ1) is 15.8. The van der Waals surface area contributed by atoms with Crippen LogP contribution in [0.3, 0.4) is 0 Å².